The summed E-state index contributed by atoms with van der Waals surface area (Å²) in [6.07, 6.45) is -1.57. The van der Waals surface area contributed by atoms with Crippen molar-refractivity contribution in [3.05, 3.63) is 71.7 Å². The van der Waals surface area contributed by atoms with Crippen molar-refractivity contribution in [2.24, 2.45) is 0 Å². The fraction of sp³-hybridized carbons (Fsp3) is 0.158. The number of amides is 1. The molecule has 0 atom stereocenters. The van der Waals surface area contributed by atoms with Crippen molar-refractivity contribution in [1.82, 2.24) is 14.8 Å². The van der Waals surface area contributed by atoms with Crippen LogP contribution in [0.3, 0.4) is 0 Å². The predicted octanol–water partition coefficient (Wildman–Crippen LogP) is 3.39. The molecule has 7 nitrogen and oxygen atoms in total. The monoisotopic (exact) mass is 404 g/mol. The van der Waals surface area contributed by atoms with Gasteiger partial charge in [-0.3, -0.25) is 4.79 Å². The first-order valence-corrected chi connectivity index (χ1v) is 8.36. The van der Waals surface area contributed by atoms with Crippen molar-refractivity contribution in [2.45, 2.75) is 13.1 Å². The zero-order valence-corrected chi connectivity index (χ0v) is 15.1. The zero-order valence-electron chi connectivity index (χ0n) is 15.1. The molecule has 10 heteroatoms. The minimum absolute atomic E-state index is 0.151. The summed E-state index contributed by atoms with van der Waals surface area (Å²) in [7, 11) is 0. The quantitative estimate of drug-likeness (QED) is 0.659. The van der Waals surface area contributed by atoms with Gasteiger partial charge in [0.1, 0.15) is 5.56 Å². The summed E-state index contributed by atoms with van der Waals surface area (Å²) in [4.78, 5) is 28.3. The summed E-state index contributed by atoms with van der Waals surface area (Å²) in [6, 6.07) is 9.15. The Morgan fingerprint density at radius 1 is 1.14 bits per heavy atom. The van der Waals surface area contributed by atoms with Crippen molar-refractivity contribution in [2.75, 3.05) is 11.9 Å². The van der Waals surface area contributed by atoms with Crippen molar-refractivity contribution in [3.63, 3.8) is 0 Å². The van der Waals surface area contributed by atoms with Crippen LogP contribution < -0.4 is 5.32 Å². The third-order valence-electron chi connectivity index (χ3n) is 3.93. The van der Waals surface area contributed by atoms with E-state index in [-0.39, 0.29) is 11.3 Å². The molecule has 0 unspecified atom stereocenters. The molecule has 2 aromatic heterocycles. The molecule has 0 spiro atoms. The number of carbonyl (C=O) groups is 2. The molecule has 0 aliphatic carbocycles. The fourth-order valence-corrected chi connectivity index (χ4v) is 2.47. The molecule has 1 amide bonds. The number of rotatable bonds is 5. The number of halogens is 3. The van der Waals surface area contributed by atoms with Crippen LogP contribution >= 0.6 is 0 Å². The number of hydrogen-bond acceptors (Lipinski definition) is 5. The van der Waals surface area contributed by atoms with Crippen molar-refractivity contribution < 1.29 is 27.5 Å². The van der Waals surface area contributed by atoms with Crippen molar-refractivity contribution >= 4 is 17.6 Å². The van der Waals surface area contributed by atoms with E-state index in [2.05, 4.69) is 15.4 Å². The number of alkyl halides is 3. The molecule has 1 N–H and O–H groups in total. The van der Waals surface area contributed by atoms with Crippen molar-refractivity contribution in [1.29, 1.82) is 0 Å². The molecule has 2 heterocycles. The third-order valence-corrected chi connectivity index (χ3v) is 3.93. The van der Waals surface area contributed by atoms with Gasteiger partial charge in [0.15, 0.2) is 12.4 Å². The lowest BCUT2D eigenvalue weighted by atomic mass is 10.2. The average Bonchev–Trinajstić information content (AvgIpc) is 3.08. The Kier molecular flexibility index (Phi) is 5.62. The normalized spacial score (nSPS) is 11.2. The first-order valence-electron chi connectivity index (χ1n) is 8.36. The highest BCUT2D eigenvalue weighted by Gasteiger charge is 2.30. The van der Waals surface area contributed by atoms with Gasteiger partial charge in [-0.2, -0.15) is 18.3 Å². The first-order chi connectivity index (χ1) is 13.8. The lowest BCUT2D eigenvalue weighted by Gasteiger charge is -2.09. The molecule has 0 aliphatic rings. The highest BCUT2D eigenvalue weighted by molar-refractivity contribution is 5.95. The third kappa shape index (κ3) is 4.78. The number of esters is 1. The van der Waals surface area contributed by atoms with E-state index in [0.717, 1.165) is 24.3 Å². The van der Waals surface area contributed by atoms with E-state index in [0.29, 0.717) is 11.5 Å². The van der Waals surface area contributed by atoms with Gasteiger partial charge in [-0.15, -0.1) is 0 Å². The predicted molar refractivity (Wildman–Crippen MR) is 96.5 cm³/mol. The molecule has 1 aromatic carbocycles. The maximum Gasteiger partial charge on any atom is 0.416 e. The van der Waals surface area contributed by atoms with Gasteiger partial charge in [0.25, 0.3) is 5.91 Å². The summed E-state index contributed by atoms with van der Waals surface area (Å²) in [5.41, 5.74) is -0.0321. The van der Waals surface area contributed by atoms with E-state index in [4.69, 9.17) is 4.74 Å². The second kappa shape index (κ2) is 8.13. The largest absolute Gasteiger partial charge is 0.452 e. The highest BCUT2D eigenvalue weighted by atomic mass is 19.4. The van der Waals surface area contributed by atoms with Crippen LogP contribution in [-0.2, 0) is 15.7 Å². The molecule has 3 rings (SSSR count). The Balaban J connectivity index is 1.58. The summed E-state index contributed by atoms with van der Waals surface area (Å²) >= 11 is 0. The molecular formula is C19H15F3N4O3. The van der Waals surface area contributed by atoms with Crippen LogP contribution in [0, 0.1) is 6.92 Å². The number of ether oxygens (including phenoxy) is 1. The summed E-state index contributed by atoms with van der Waals surface area (Å²) in [6.45, 7) is 1.05. The summed E-state index contributed by atoms with van der Waals surface area (Å²) in [5, 5.41) is 6.45. The van der Waals surface area contributed by atoms with E-state index in [1.54, 1.807) is 31.3 Å². The van der Waals surface area contributed by atoms with E-state index < -0.39 is 30.2 Å². The Bertz CT molecular complexity index is 1020. The number of aromatic nitrogens is 3. The summed E-state index contributed by atoms with van der Waals surface area (Å²) in [5.74, 6) is -0.927. The van der Waals surface area contributed by atoms with Gasteiger partial charge < -0.3 is 10.1 Å². The molecule has 0 fully saturated rings. The van der Waals surface area contributed by atoms with Gasteiger partial charge in [-0.25, -0.2) is 14.5 Å². The van der Waals surface area contributed by atoms with Gasteiger partial charge in [0.2, 0.25) is 0 Å². The second-order valence-electron chi connectivity index (χ2n) is 5.94. The Morgan fingerprint density at radius 3 is 2.48 bits per heavy atom. The second-order valence-corrected chi connectivity index (χ2v) is 5.94. The molecule has 0 saturated carbocycles. The standard InChI is InChI=1S/C19H15F3N4O3/c1-12-15(10-24-26(12)16-4-2-3-9-23-16)18(28)29-11-17(27)25-14-7-5-13(6-8-14)19(20,21)22/h2-10H,11H2,1H3,(H,25,27). The number of pyridine rings is 1. The minimum atomic E-state index is -4.46. The molecule has 0 radical (unpaired) electrons. The Hall–Kier alpha value is -3.69. The molecule has 0 aliphatic heterocycles. The molecule has 0 bridgehead atoms. The van der Waals surface area contributed by atoms with Gasteiger partial charge >= 0.3 is 12.1 Å². The number of nitrogens with zero attached hydrogens (tertiary/aromatic N) is 3. The van der Waals surface area contributed by atoms with Crippen LogP contribution in [0.25, 0.3) is 5.82 Å². The lowest BCUT2D eigenvalue weighted by Crippen LogP contribution is -2.21. The van der Waals surface area contributed by atoms with Gasteiger partial charge in [0.05, 0.1) is 17.5 Å². The van der Waals surface area contributed by atoms with E-state index in [1.165, 1.54) is 10.9 Å². The number of carbonyl (C=O) groups excluding carboxylic acids is 2. The van der Waals surface area contributed by atoms with Crippen LogP contribution in [0.15, 0.2) is 54.9 Å². The number of nitrogens with one attached hydrogen (secondary N) is 1. The van der Waals surface area contributed by atoms with Crippen LogP contribution in [0.4, 0.5) is 18.9 Å². The maximum atomic E-state index is 12.5. The van der Waals surface area contributed by atoms with E-state index >= 15 is 0 Å². The minimum Gasteiger partial charge on any atom is -0.452 e. The molecular weight excluding hydrogens is 389 g/mol. The molecule has 29 heavy (non-hydrogen) atoms. The Labute approximate surface area is 163 Å². The zero-order chi connectivity index (χ0) is 21.0. The van der Waals surface area contributed by atoms with Crippen LogP contribution in [-0.4, -0.2) is 33.2 Å². The van der Waals surface area contributed by atoms with Crippen LogP contribution in [0.5, 0.6) is 0 Å². The summed E-state index contributed by atoms with van der Waals surface area (Å²) < 4.78 is 44.0. The number of benzene rings is 1. The average molecular weight is 404 g/mol. The highest BCUT2D eigenvalue weighted by Crippen LogP contribution is 2.29. The number of anilines is 1. The first kappa shape index (κ1) is 20.1. The topological polar surface area (TPSA) is 86.1 Å². The molecule has 3 aromatic rings. The van der Waals surface area contributed by atoms with E-state index in [1.807, 2.05) is 0 Å². The van der Waals surface area contributed by atoms with Crippen molar-refractivity contribution in [3.8, 4) is 5.82 Å². The van der Waals surface area contributed by atoms with E-state index in [9.17, 15) is 22.8 Å². The SMILES string of the molecule is Cc1c(C(=O)OCC(=O)Nc2ccc(C(F)(F)F)cc2)cnn1-c1ccccn1. The van der Waals surface area contributed by atoms with Crippen LogP contribution in [0.1, 0.15) is 21.6 Å². The smallest absolute Gasteiger partial charge is 0.416 e. The molecule has 150 valence electrons. The fourth-order valence-electron chi connectivity index (χ4n) is 2.47. The number of hydrogen-bond donors (Lipinski definition) is 1. The van der Waals surface area contributed by atoms with Gasteiger partial charge in [-0.1, -0.05) is 6.07 Å². The molecule has 0 saturated heterocycles. The van der Waals surface area contributed by atoms with Gasteiger partial charge in [-0.05, 0) is 43.3 Å². The van der Waals surface area contributed by atoms with Gasteiger partial charge in [0, 0.05) is 11.9 Å². The maximum absolute atomic E-state index is 12.5. The Morgan fingerprint density at radius 2 is 1.86 bits per heavy atom. The van der Waals surface area contributed by atoms with Crippen LogP contribution in [0.2, 0.25) is 0 Å². The lowest BCUT2D eigenvalue weighted by molar-refractivity contribution is -0.137.